The van der Waals surface area contributed by atoms with Crippen molar-refractivity contribution in [1.82, 2.24) is 10.3 Å². The monoisotopic (exact) mass is 311 g/mol. The number of benzene rings is 1. The van der Waals surface area contributed by atoms with Crippen molar-refractivity contribution in [2.75, 3.05) is 25.1 Å². The van der Waals surface area contributed by atoms with E-state index >= 15 is 0 Å². The molecule has 0 bridgehead atoms. The molecule has 3 rings (SSSR count). The maximum atomic E-state index is 6.02. The molecule has 3 N–H and O–H groups in total. The van der Waals surface area contributed by atoms with E-state index in [9.17, 15) is 0 Å². The Bertz CT molecular complexity index is 603. The van der Waals surface area contributed by atoms with Crippen LogP contribution in [0, 0.1) is 0 Å². The van der Waals surface area contributed by atoms with Crippen molar-refractivity contribution >= 4 is 34.3 Å². The normalized spacial score (nSPS) is 22.2. The van der Waals surface area contributed by atoms with Gasteiger partial charge in [-0.1, -0.05) is 11.6 Å². The van der Waals surface area contributed by atoms with Gasteiger partial charge in [-0.25, -0.2) is 5.43 Å². The van der Waals surface area contributed by atoms with E-state index in [0.29, 0.717) is 11.1 Å². The molecule has 108 valence electrons. The second-order valence-electron chi connectivity index (χ2n) is 5.10. The van der Waals surface area contributed by atoms with Crippen molar-refractivity contribution in [2.24, 2.45) is 5.84 Å². The number of nitrogens with one attached hydrogen (secondary N) is 1. The van der Waals surface area contributed by atoms with Crippen LogP contribution in [0.4, 0.5) is 0 Å². The Morgan fingerprint density at radius 1 is 1.50 bits per heavy atom. The van der Waals surface area contributed by atoms with Crippen LogP contribution in [0.1, 0.15) is 11.8 Å². The summed E-state index contributed by atoms with van der Waals surface area (Å²) in [7, 11) is 2.13. The Morgan fingerprint density at radius 2 is 2.35 bits per heavy atom. The molecule has 2 unspecified atom stereocenters. The summed E-state index contributed by atoms with van der Waals surface area (Å²) in [6.07, 6.45) is 0. The van der Waals surface area contributed by atoms with Crippen molar-refractivity contribution in [3.63, 3.8) is 0 Å². The lowest BCUT2D eigenvalue weighted by atomic mass is 10.1. The summed E-state index contributed by atoms with van der Waals surface area (Å²) in [5, 5.41) is 1.73. The molecule has 0 radical (unpaired) electrons. The predicted octanol–water partition coefficient (Wildman–Crippen LogP) is 2.64. The zero-order valence-electron chi connectivity index (χ0n) is 11.3. The van der Waals surface area contributed by atoms with Crippen LogP contribution in [0.2, 0.25) is 5.02 Å². The highest BCUT2D eigenvalue weighted by Crippen LogP contribution is 2.31. The van der Waals surface area contributed by atoms with E-state index in [1.165, 1.54) is 5.75 Å². The Labute approximate surface area is 127 Å². The molecule has 0 saturated carbocycles. The summed E-state index contributed by atoms with van der Waals surface area (Å²) >= 11 is 7.97. The van der Waals surface area contributed by atoms with Crippen molar-refractivity contribution in [3.8, 4) is 0 Å². The van der Waals surface area contributed by atoms with E-state index in [2.05, 4.69) is 17.4 Å². The summed E-state index contributed by atoms with van der Waals surface area (Å²) in [6.45, 7) is 1.07. The van der Waals surface area contributed by atoms with Crippen molar-refractivity contribution < 1.29 is 4.42 Å². The van der Waals surface area contributed by atoms with Crippen molar-refractivity contribution in [1.29, 1.82) is 0 Å². The molecule has 2 atom stereocenters. The third kappa shape index (κ3) is 2.69. The number of nitrogens with two attached hydrogens (primary N) is 1. The van der Waals surface area contributed by atoms with Gasteiger partial charge in [-0.05, 0) is 31.3 Å². The number of nitrogens with zero attached hydrogens (tertiary/aromatic N) is 1. The maximum absolute atomic E-state index is 6.02. The van der Waals surface area contributed by atoms with Crippen molar-refractivity contribution in [3.05, 3.63) is 35.0 Å². The Hall–Kier alpha value is -0.720. The number of hydrogen-bond donors (Lipinski definition) is 2. The van der Waals surface area contributed by atoms with Gasteiger partial charge in [0.15, 0.2) is 0 Å². The average Bonchev–Trinajstić information content (AvgIpc) is 2.84. The van der Waals surface area contributed by atoms with Gasteiger partial charge in [-0.2, -0.15) is 11.8 Å². The molecule has 1 aliphatic heterocycles. The fraction of sp³-hybridized carbons (Fsp3) is 0.429. The number of furan rings is 1. The molecule has 2 aromatic rings. The third-order valence-corrected chi connectivity index (χ3v) is 5.09. The lowest BCUT2D eigenvalue weighted by Crippen LogP contribution is -2.49. The van der Waals surface area contributed by atoms with Crippen LogP contribution in [0.3, 0.4) is 0 Å². The summed E-state index contributed by atoms with van der Waals surface area (Å²) in [4.78, 5) is 2.33. The number of rotatable bonds is 3. The van der Waals surface area contributed by atoms with Crippen LogP contribution in [-0.2, 0) is 0 Å². The van der Waals surface area contributed by atoms with Gasteiger partial charge in [0.25, 0.3) is 0 Å². The Morgan fingerprint density at radius 3 is 3.10 bits per heavy atom. The Kier molecular flexibility index (Phi) is 4.23. The van der Waals surface area contributed by atoms with Crippen LogP contribution in [0.5, 0.6) is 0 Å². The topological polar surface area (TPSA) is 54.4 Å². The molecule has 1 aromatic heterocycles. The number of halogens is 1. The minimum Gasteiger partial charge on any atom is -0.459 e. The first kappa shape index (κ1) is 14.2. The molecule has 20 heavy (non-hydrogen) atoms. The molecule has 0 amide bonds. The quantitative estimate of drug-likeness (QED) is 0.674. The predicted molar refractivity (Wildman–Crippen MR) is 85.0 cm³/mol. The molecule has 0 spiro atoms. The highest BCUT2D eigenvalue weighted by atomic mass is 35.5. The summed E-state index contributed by atoms with van der Waals surface area (Å²) < 4.78 is 5.94. The van der Waals surface area contributed by atoms with E-state index < -0.39 is 0 Å². The van der Waals surface area contributed by atoms with Gasteiger partial charge >= 0.3 is 0 Å². The van der Waals surface area contributed by atoms with E-state index in [4.69, 9.17) is 21.9 Å². The minimum absolute atomic E-state index is 0.0148. The van der Waals surface area contributed by atoms with Gasteiger partial charge in [0.2, 0.25) is 0 Å². The number of thioether (sulfide) groups is 1. The zero-order chi connectivity index (χ0) is 14.1. The second-order valence-corrected chi connectivity index (χ2v) is 6.68. The van der Waals surface area contributed by atoms with Crippen LogP contribution in [0.15, 0.2) is 28.7 Å². The van der Waals surface area contributed by atoms with E-state index in [0.717, 1.165) is 29.0 Å². The standard InChI is InChI=1S/C14H18ClN3OS/c1-18-4-5-20-8-11(18)14(17-16)13-7-9-6-10(15)2-3-12(9)19-13/h2-3,6-7,11,14,17H,4-5,8,16H2,1H3. The lowest BCUT2D eigenvalue weighted by Gasteiger charge is -2.36. The van der Waals surface area contributed by atoms with Crippen LogP contribution < -0.4 is 11.3 Å². The highest BCUT2D eigenvalue weighted by Gasteiger charge is 2.30. The fourth-order valence-electron chi connectivity index (χ4n) is 2.63. The highest BCUT2D eigenvalue weighted by molar-refractivity contribution is 7.99. The smallest absolute Gasteiger partial charge is 0.134 e. The summed E-state index contributed by atoms with van der Waals surface area (Å²) in [6, 6.07) is 7.99. The summed E-state index contributed by atoms with van der Waals surface area (Å²) in [5.74, 6) is 8.85. The zero-order valence-corrected chi connectivity index (χ0v) is 12.9. The molecule has 1 aliphatic rings. The minimum atomic E-state index is -0.0148. The summed E-state index contributed by atoms with van der Waals surface area (Å²) in [5.41, 5.74) is 3.76. The molecular weight excluding hydrogens is 294 g/mol. The van der Waals surface area contributed by atoms with E-state index in [1.54, 1.807) is 0 Å². The number of fused-ring (bicyclic) bond motifs is 1. The number of hydrogen-bond acceptors (Lipinski definition) is 5. The first-order valence-electron chi connectivity index (χ1n) is 6.62. The average molecular weight is 312 g/mol. The number of hydrazine groups is 1. The molecule has 1 saturated heterocycles. The van der Waals surface area contributed by atoms with Gasteiger partial charge in [-0.3, -0.25) is 10.7 Å². The van der Waals surface area contributed by atoms with Crippen LogP contribution in [-0.4, -0.2) is 36.0 Å². The molecule has 0 aliphatic carbocycles. The van der Waals surface area contributed by atoms with Gasteiger partial charge in [0, 0.05) is 34.5 Å². The maximum Gasteiger partial charge on any atom is 0.134 e. The van der Waals surface area contributed by atoms with E-state index in [1.807, 2.05) is 36.0 Å². The molecule has 1 aromatic carbocycles. The lowest BCUT2D eigenvalue weighted by molar-refractivity contribution is 0.202. The van der Waals surface area contributed by atoms with Gasteiger partial charge in [-0.15, -0.1) is 0 Å². The fourth-order valence-corrected chi connectivity index (χ4v) is 4.08. The first-order valence-corrected chi connectivity index (χ1v) is 8.15. The van der Waals surface area contributed by atoms with Gasteiger partial charge in [0.1, 0.15) is 11.3 Å². The first-order chi connectivity index (χ1) is 9.69. The van der Waals surface area contributed by atoms with E-state index in [-0.39, 0.29) is 6.04 Å². The van der Waals surface area contributed by atoms with Crippen LogP contribution >= 0.6 is 23.4 Å². The van der Waals surface area contributed by atoms with Crippen molar-refractivity contribution in [2.45, 2.75) is 12.1 Å². The second kappa shape index (κ2) is 5.95. The SMILES string of the molecule is CN1CCSCC1C(NN)c1cc2cc(Cl)ccc2o1. The number of likely N-dealkylation sites (N-methyl/N-ethyl adjacent to an activating group) is 1. The van der Waals surface area contributed by atoms with Gasteiger partial charge in [0.05, 0.1) is 6.04 Å². The molecule has 6 heteroatoms. The Balaban J connectivity index is 1.94. The van der Waals surface area contributed by atoms with Gasteiger partial charge < -0.3 is 4.42 Å². The molecular formula is C14H18ClN3OS. The molecule has 1 fully saturated rings. The van der Waals surface area contributed by atoms with Crippen LogP contribution in [0.25, 0.3) is 11.0 Å². The third-order valence-electron chi connectivity index (χ3n) is 3.81. The molecule has 4 nitrogen and oxygen atoms in total. The molecule has 2 heterocycles. The largest absolute Gasteiger partial charge is 0.459 e.